The maximum Gasteiger partial charge on any atom is 0.179 e. The van der Waals surface area contributed by atoms with Crippen LogP contribution < -0.4 is 5.73 Å². The molecule has 84 valence electrons. The summed E-state index contributed by atoms with van der Waals surface area (Å²) in [6.07, 6.45) is 0. The highest BCUT2D eigenvalue weighted by Gasteiger charge is 2.05. The van der Waals surface area contributed by atoms with E-state index in [1.165, 1.54) is 0 Å². The van der Waals surface area contributed by atoms with Crippen LogP contribution >= 0.6 is 34.7 Å². The Bertz CT molecular complexity index is 499. The van der Waals surface area contributed by atoms with E-state index >= 15 is 0 Å². The van der Waals surface area contributed by atoms with Crippen molar-refractivity contribution >= 4 is 34.7 Å². The molecule has 0 bridgehead atoms. The molecule has 0 aliphatic carbocycles. The standard InChI is InChI=1S/C10H10ClN3S2/c1-6-13-14-10(15-6)16-8-3-2-7(5-12)9(11)4-8/h2-4H,5,12H2,1H3. The summed E-state index contributed by atoms with van der Waals surface area (Å²) in [5.41, 5.74) is 6.50. The number of aromatic nitrogens is 2. The van der Waals surface area contributed by atoms with Gasteiger partial charge in [-0.05, 0) is 24.6 Å². The van der Waals surface area contributed by atoms with Gasteiger partial charge in [-0.3, -0.25) is 0 Å². The van der Waals surface area contributed by atoms with Crippen molar-refractivity contribution in [3.63, 3.8) is 0 Å². The van der Waals surface area contributed by atoms with Crippen LogP contribution in [0.1, 0.15) is 10.6 Å². The van der Waals surface area contributed by atoms with Gasteiger partial charge in [-0.2, -0.15) is 0 Å². The van der Waals surface area contributed by atoms with Gasteiger partial charge < -0.3 is 5.73 Å². The van der Waals surface area contributed by atoms with Gasteiger partial charge in [-0.1, -0.05) is 40.8 Å². The van der Waals surface area contributed by atoms with Crippen molar-refractivity contribution in [2.75, 3.05) is 0 Å². The molecule has 6 heteroatoms. The van der Waals surface area contributed by atoms with Gasteiger partial charge in [0.25, 0.3) is 0 Å². The highest BCUT2D eigenvalue weighted by atomic mass is 35.5. The largest absolute Gasteiger partial charge is 0.326 e. The lowest BCUT2D eigenvalue weighted by atomic mass is 10.2. The normalized spacial score (nSPS) is 10.7. The highest BCUT2D eigenvalue weighted by molar-refractivity contribution is 8.01. The summed E-state index contributed by atoms with van der Waals surface area (Å²) in [7, 11) is 0. The molecule has 0 radical (unpaired) electrons. The van der Waals surface area contributed by atoms with E-state index in [4.69, 9.17) is 17.3 Å². The van der Waals surface area contributed by atoms with Crippen molar-refractivity contribution in [2.45, 2.75) is 22.7 Å². The first-order valence-electron chi connectivity index (χ1n) is 4.65. The lowest BCUT2D eigenvalue weighted by Gasteiger charge is -2.02. The van der Waals surface area contributed by atoms with E-state index in [9.17, 15) is 0 Å². The van der Waals surface area contributed by atoms with E-state index in [1.807, 2.05) is 25.1 Å². The Hall–Kier alpha value is -0.620. The van der Waals surface area contributed by atoms with Crippen molar-refractivity contribution in [2.24, 2.45) is 5.73 Å². The van der Waals surface area contributed by atoms with E-state index in [2.05, 4.69) is 10.2 Å². The average Bonchev–Trinajstić information content (AvgIpc) is 2.64. The summed E-state index contributed by atoms with van der Waals surface area (Å²) < 4.78 is 0.925. The molecule has 0 atom stereocenters. The number of nitrogens with two attached hydrogens (primary N) is 1. The molecule has 0 amide bonds. The van der Waals surface area contributed by atoms with Crippen LogP contribution in [0.25, 0.3) is 0 Å². The van der Waals surface area contributed by atoms with E-state index < -0.39 is 0 Å². The Morgan fingerprint density at radius 2 is 2.25 bits per heavy atom. The van der Waals surface area contributed by atoms with Crippen LogP contribution in [0.2, 0.25) is 5.02 Å². The predicted octanol–water partition coefficient (Wildman–Crippen LogP) is 3.11. The van der Waals surface area contributed by atoms with E-state index in [0.717, 1.165) is 19.8 Å². The van der Waals surface area contributed by atoms with Crippen molar-refractivity contribution in [3.8, 4) is 0 Å². The first-order chi connectivity index (χ1) is 7.69. The third-order valence-corrected chi connectivity index (χ3v) is 4.19. The van der Waals surface area contributed by atoms with Gasteiger partial charge in [0.05, 0.1) is 0 Å². The van der Waals surface area contributed by atoms with Gasteiger partial charge in [0.15, 0.2) is 4.34 Å². The highest BCUT2D eigenvalue weighted by Crippen LogP contribution is 2.32. The summed E-state index contributed by atoms with van der Waals surface area (Å²) in [6.45, 7) is 2.40. The van der Waals surface area contributed by atoms with Crippen LogP contribution in [0.4, 0.5) is 0 Å². The molecule has 0 saturated heterocycles. The number of nitrogens with zero attached hydrogens (tertiary/aromatic N) is 2. The second kappa shape index (κ2) is 5.14. The number of hydrogen-bond acceptors (Lipinski definition) is 5. The topological polar surface area (TPSA) is 51.8 Å². The summed E-state index contributed by atoms with van der Waals surface area (Å²) >= 11 is 9.21. The third-order valence-electron chi connectivity index (χ3n) is 1.96. The maximum absolute atomic E-state index is 6.07. The predicted molar refractivity (Wildman–Crippen MR) is 68.1 cm³/mol. The van der Waals surface area contributed by atoms with Crippen molar-refractivity contribution in [3.05, 3.63) is 33.8 Å². The van der Waals surface area contributed by atoms with Crippen LogP contribution in [0.3, 0.4) is 0 Å². The molecule has 2 rings (SSSR count). The fraction of sp³-hybridized carbons (Fsp3) is 0.200. The van der Waals surface area contributed by atoms with Crippen LogP contribution in [0.5, 0.6) is 0 Å². The van der Waals surface area contributed by atoms with Crippen LogP contribution in [-0.2, 0) is 6.54 Å². The number of halogens is 1. The van der Waals surface area contributed by atoms with Crippen molar-refractivity contribution < 1.29 is 0 Å². The Labute approximate surface area is 107 Å². The molecule has 1 aromatic heterocycles. The zero-order valence-electron chi connectivity index (χ0n) is 8.61. The molecular formula is C10H10ClN3S2. The number of hydrogen-bond donors (Lipinski definition) is 1. The fourth-order valence-electron chi connectivity index (χ4n) is 1.18. The van der Waals surface area contributed by atoms with Gasteiger partial charge >= 0.3 is 0 Å². The van der Waals surface area contributed by atoms with Crippen LogP contribution in [-0.4, -0.2) is 10.2 Å². The van der Waals surface area contributed by atoms with E-state index in [0.29, 0.717) is 11.6 Å². The second-order valence-corrected chi connectivity index (χ2v) is 6.06. The maximum atomic E-state index is 6.07. The number of benzene rings is 1. The zero-order chi connectivity index (χ0) is 11.5. The van der Waals surface area contributed by atoms with Gasteiger partial charge in [-0.15, -0.1) is 10.2 Å². The fourth-order valence-corrected chi connectivity index (χ4v) is 3.33. The number of aryl methyl sites for hydroxylation is 1. The second-order valence-electron chi connectivity index (χ2n) is 3.15. The van der Waals surface area contributed by atoms with Crippen LogP contribution in [0.15, 0.2) is 27.4 Å². The SMILES string of the molecule is Cc1nnc(Sc2ccc(CN)c(Cl)c2)s1. The third kappa shape index (κ3) is 2.74. The molecule has 2 aromatic rings. The Morgan fingerprint density at radius 1 is 1.44 bits per heavy atom. The summed E-state index contributed by atoms with van der Waals surface area (Å²) in [5.74, 6) is 0. The smallest absolute Gasteiger partial charge is 0.179 e. The van der Waals surface area contributed by atoms with E-state index in [-0.39, 0.29) is 0 Å². The molecule has 0 spiro atoms. The van der Waals surface area contributed by atoms with Crippen molar-refractivity contribution in [1.29, 1.82) is 0 Å². The summed E-state index contributed by atoms with van der Waals surface area (Å²) in [6, 6.07) is 5.85. The summed E-state index contributed by atoms with van der Waals surface area (Å²) in [4.78, 5) is 1.05. The Morgan fingerprint density at radius 3 is 2.81 bits per heavy atom. The minimum atomic E-state index is 0.460. The van der Waals surface area contributed by atoms with E-state index in [1.54, 1.807) is 23.1 Å². The minimum absolute atomic E-state index is 0.460. The zero-order valence-corrected chi connectivity index (χ0v) is 11.0. The Balaban J connectivity index is 2.19. The molecule has 0 fully saturated rings. The molecule has 0 saturated carbocycles. The van der Waals surface area contributed by atoms with Crippen molar-refractivity contribution in [1.82, 2.24) is 10.2 Å². The Kier molecular flexibility index (Phi) is 3.81. The molecule has 1 heterocycles. The average molecular weight is 272 g/mol. The molecule has 0 aliphatic rings. The van der Waals surface area contributed by atoms with Gasteiger partial charge in [0.2, 0.25) is 0 Å². The molecular weight excluding hydrogens is 262 g/mol. The number of rotatable bonds is 3. The monoisotopic (exact) mass is 271 g/mol. The lowest BCUT2D eigenvalue weighted by Crippen LogP contribution is -1.96. The quantitative estimate of drug-likeness (QED) is 0.932. The first kappa shape index (κ1) is 11.9. The molecule has 1 aromatic carbocycles. The molecule has 2 N–H and O–H groups in total. The molecule has 16 heavy (non-hydrogen) atoms. The molecule has 0 unspecified atom stereocenters. The summed E-state index contributed by atoms with van der Waals surface area (Å²) in [5, 5.41) is 9.68. The first-order valence-corrected chi connectivity index (χ1v) is 6.66. The lowest BCUT2D eigenvalue weighted by molar-refractivity contribution is 0.983. The minimum Gasteiger partial charge on any atom is -0.326 e. The molecule has 0 aliphatic heterocycles. The van der Waals surface area contributed by atoms with Gasteiger partial charge in [-0.25, -0.2) is 0 Å². The van der Waals surface area contributed by atoms with Crippen LogP contribution in [0, 0.1) is 6.92 Å². The van der Waals surface area contributed by atoms with Gasteiger partial charge in [0, 0.05) is 16.5 Å². The molecule has 3 nitrogen and oxygen atoms in total. The van der Waals surface area contributed by atoms with Gasteiger partial charge in [0.1, 0.15) is 5.01 Å².